The van der Waals surface area contributed by atoms with Gasteiger partial charge in [0.05, 0.1) is 0 Å². The molecule has 4 heteroatoms. The number of carbonyl (C=O) groups excluding carboxylic acids is 1. The number of nitrogens with one attached hydrogen (secondary N) is 1. The van der Waals surface area contributed by atoms with Crippen molar-refractivity contribution in [3.05, 3.63) is 0 Å². The Balaban J connectivity index is 0.00000176. The number of hydrogen-bond acceptors (Lipinski definition) is 2. The summed E-state index contributed by atoms with van der Waals surface area (Å²) in [6.07, 6.45) is 9.73. The van der Waals surface area contributed by atoms with Crippen molar-refractivity contribution in [1.82, 2.24) is 10.2 Å². The molecule has 3 fully saturated rings. The second-order valence-corrected chi connectivity index (χ2v) is 8.16. The van der Waals surface area contributed by atoms with Crippen molar-refractivity contribution in [1.29, 1.82) is 0 Å². The van der Waals surface area contributed by atoms with E-state index in [1.54, 1.807) is 0 Å². The molecule has 0 radical (unpaired) electrons. The lowest BCUT2D eigenvalue weighted by molar-refractivity contribution is -0.134. The summed E-state index contributed by atoms with van der Waals surface area (Å²) in [6.45, 7) is 6.62. The van der Waals surface area contributed by atoms with Gasteiger partial charge in [-0.05, 0) is 62.7 Å². The van der Waals surface area contributed by atoms with Crippen molar-refractivity contribution < 1.29 is 4.79 Å². The molecule has 3 nitrogen and oxygen atoms in total. The Labute approximate surface area is 142 Å². The molecule has 128 valence electrons. The van der Waals surface area contributed by atoms with Crippen LogP contribution in [0.25, 0.3) is 0 Å². The summed E-state index contributed by atoms with van der Waals surface area (Å²) >= 11 is 0. The first-order chi connectivity index (χ1) is 10.1. The van der Waals surface area contributed by atoms with Crippen LogP contribution in [0.1, 0.15) is 65.2 Å². The topological polar surface area (TPSA) is 32.3 Å². The van der Waals surface area contributed by atoms with Gasteiger partial charge < -0.3 is 10.2 Å². The molecule has 3 aliphatic rings. The van der Waals surface area contributed by atoms with E-state index in [1.165, 1.54) is 44.9 Å². The largest absolute Gasteiger partial charge is 0.342 e. The maximum atomic E-state index is 12.6. The van der Waals surface area contributed by atoms with Crippen LogP contribution < -0.4 is 5.32 Å². The minimum atomic E-state index is 0. The molecule has 0 aromatic rings. The van der Waals surface area contributed by atoms with Gasteiger partial charge in [-0.2, -0.15) is 0 Å². The fourth-order valence-electron chi connectivity index (χ4n) is 4.87. The summed E-state index contributed by atoms with van der Waals surface area (Å²) in [7, 11) is 0. The van der Waals surface area contributed by atoms with E-state index in [4.69, 9.17) is 0 Å². The highest BCUT2D eigenvalue weighted by Gasteiger charge is 2.35. The zero-order chi connectivity index (χ0) is 14.8. The highest BCUT2D eigenvalue weighted by Crippen LogP contribution is 2.33. The summed E-state index contributed by atoms with van der Waals surface area (Å²) in [5.74, 6) is 2.58. The minimum Gasteiger partial charge on any atom is -0.342 e. The number of rotatable bonds is 4. The van der Waals surface area contributed by atoms with E-state index in [-0.39, 0.29) is 12.4 Å². The first-order valence-corrected chi connectivity index (χ1v) is 9.14. The molecule has 3 saturated heterocycles. The number of likely N-dealkylation sites (tertiary alicyclic amines) is 1. The quantitative estimate of drug-likeness (QED) is 0.855. The van der Waals surface area contributed by atoms with Gasteiger partial charge in [-0.3, -0.25) is 4.79 Å². The Bertz CT molecular complexity index is 362. The van der Waals surface area contributed by atoms with E-state index in [1.807, 2.05) is 0 Å². The van der Waals surface area contributed by atoms with Crippen molar-refractivity contribution >= 4 is 18.3 Å². The van der Waals surface area contributed by atoms with Crippen molar-refractivity contribution in [3.63, 3.8) is 0 Å². The third-order valence-electron chi connectivity index (χ3n) is 5.71. The number of piperidine rings is 2. The average molecular weight is 329 g/mol. The van der Waals surface area contributed by atoms with Gasteiger partial charge in [-0.1, -0.05) is 13.8 Å². The summed E-state index contributed by atoms with van der Waals surface area (Å²) in [5, 5.41) is 3.68. The first kappa shape index (κ1) is 18.1. The van der Waals surface area contributed by atoms with Crippen molar-refractivity contribution in [3.8, 4) is 0 Å². The fraction of sp³-hybridized carbons (Fsp3) is 0.944. The Morgan fingerprint density at radius 3 is 2.45 bits per heavy atom. The zero-order valence-corrected chi connectivity index (χ0v) is 15.0. The molecule has 3 unspecified atom stereocenters. The molecule has 3 heterocycles. The van der Waals surface area contributed by atoms with Crippen LogP contribution in [0.4, 0.5) is 0 Å². The third-order valence-corrected chi connectivity index (χ3v) is 5.71. The lowest BCUT2D eigenvalue weighted by atomic mass is 9.87. The molecule has 0 aromatic carbocycles. The van der Waals surface area contributed by atoms with Gasteiger partial charge in [0.25, 0.3) is 0 Å². The summed E-state index contributed by atoms with van der Waals surface area (Å²) < 4.78 is 0. The smallest absolute Gasteiger partial charge is 0.222 e. The Morgan fingerprint density at radius 1 is 1.14 bits per heavy atom. The van der Waals surface area contributed by atoms with Crippen LogP contribution in [-0.2, 0) is 4.79 Å². The molecule has 0 aromatic heterocycles. The molecular formula is C18H33ClN2O. The number of nitrogens with zero attached hydrogens (tertiary/aromatic N) is 1. The molecule has 22 heavy (non-hydrogen) atoms. The SMILES string of the molecule is CC(C)CC1CCCN(C(=O)CC2CC3CCC(C2)N3)C1.Cl. The number of halogens is 1. The lowest BCUT2D eigenvalue weighted by Crippen LogP contribution is -2.43. The Morgan fingerprint density at radius 2 is 1.82 bits per heavy atom. The molecule has 3 atom stereocenters. The predicted octanol–water partition coefficient (Wildman–Crippen LogP) is 3.61. The van der Waals surface area contributed by atoms with Crippen LogP contribution in [0.5, 0.6) is 0 Å². The van der Waals surface area contributed by atoms with Crippen molar-refractivity contribution in [2.24, 2.45) is 17.8 Å². The van der Waals surface area contributed by atoms with Gasteiger partial charge in [0.1, 0.15) is 0 Å². The molecule has 1 amide bonds. The highest BCUT2D eigenvalue weighted by atomic mass is 35.5. The van der Waals surface area contributed by atoms with Crippen molar-refractivity contribution in [2.45, 2.75) is 77.3 Å². The number of fused-ring (bicyclic) bond motifs is 2. The molecular weight excluding hydrogens is 296 g/mol. The number of hydrogen-bond donors (Lipinski definition) is 1. The van der Waals surface area contributed by atoms with Crippen LogP contribution in [0, 0.1) is 17.8 Å². The van der Waals surface area contributed by atoms with E-state index in [0.29, 0.717) is 23.9 Å². The fourth-order valence-corrected chi connectivity index (χ4v) is 4.87. The first-order valence-electron chi connectivity index (χ1n) is 9.14. The van der Waals surface area contributed by atoms with Gasteiger partial charge >= 0.3 is 0 Å². The van der Waals surface area contributed by atoms with E-state index in [9.17, 15) is 4.79 Å². The maximum absolute atomic E-state index is 12.6. The van der Waals surface area contributed by atoms with E-state index in [0.717, 1.165) is 31.3 Å². The van der Waals surface area contributed by atoms with Gasteiger partial charge in [0.2, 0.25) is 5.91 Å². The number of amides is 1. The summed E-state index contributed by atoms with van der Waals surface area (Å²) in [4.78, 5) is 14.8. The van der Waals surface area contributed by atoms with Gasteiger partial charge in [-0.15, -0.1) is 12.4 Å². The second kappa shape index (κ2) is 8.01. The van der Waals surface area contributed by atoms with Gasteiger partial charge in [0.15, 0.2) is 0 Å². The molecule has 0 aliphatic carbocycles. The normalized spacial score (nSPS) is 34.6. The van der Waals surface area contributed by atoms with Gasteiger partial charge in [-0.25, -0.2) is 0 Å². The van der Waals surface area contributed by atoms with Crippen LogP contribution in [0.15, 0.2) is 0 Å². The zero-order valence-electron chi connectivity index (χ0n) is 14.2. The molecule has 0 spiro atoms. The average Bonchev–Trinajstić information content (AvgIpc) is 2.77. The van der Waals surface area contributed by atoms with Gasteiger partial charge in [0, 0.05) is 31.6 Å². The molecule has 3 aliphatic heterocycles. The Kier molecular flexibility index (Phi) is 6.58. The number of carbonyl (C=O) groups is 1. The third kappa shape index (κ3) is 4.61. The molecule has 2 bridgehead atoms. The summed E-state index contributed by atoms with van der Waals surface area (Å²) in [5.41, 5.74) is 0. The minimum absolute atomic E-state index is 0. The van der Waals surface area contributed by atoms with Crippen LogP contribution in [0.3, 0.4) is 0 Å². The molecule has 0 saturated carbocycles. The lowest BCUT2D eigenvalue weighted by Gasteiger charge is -2.35. The van der Waals surface area contributed by atoms with E-state index in [2.05, 4.69) is 24.1 Å². The van der Waals surface area contributed by atoms with E-state index < -0.39 is 0 Å². The standard InChI is InChI=1S/C18H32N2O.ClH/c1-13(2)8-14-4-3-7-20(12-14)18(21)11-15-9-16-5-6-17(10-15)19-16;/h13-17,19H,3-12H2,1-2H3;1H. The summed E-state index contributed by atoms with van der Waals surface area (Å²) in [6, 6.07) is 1.41. The van der Waals surface area contributed by atoms with E-state index >= 15 is 0 Å². The second-order valence-electron chi connectivity index (χ2n) is 8.16. The van der Waals surface area contributed by atoms with Crippen molar-refractivity contribution in [2.75, 3.05) is 13.1 Å². The predicted molar refractivity (Wildman–Crippen MR) is 93.3 cm³/mol. The highest BCUT2D eigenvalue weighted by molar-refractivity contribution is 5.85. The van der Waals surface area contributed by atoms with Crippen LogP contribution >= 0.6 is 12.4 Å². The molecule has 1 N–H and O–H groups in total. The monoisotopic (exact) mass is 328 g/mol. The Hall–Kier alpha value is -0.280. The maximum Gasteiger partial charge on any atom is 0.222 e. The van der Waals surface area contributed by atoms with Crippen LogP contribution in [-0.4, -0.2) is 36.0 Å². The molecule has 3 rings (SSSR count). The van der Waals surface area contributed by atoms with Crippen LogP contribution in [0.2, 0.25) is 0 Å².